The number of fused-ring (bicyclic) bond motifs is 2. The third-order valence-corrected chi connectivity index (χ3v) is 5.25. The molecule has 1 unspecified atom stereocenters. The molecule has 0 heterocycles. The minimum absolute atomic E-state index is 0.0220. The highest BCUT2D eigenvalue weighted by Gasteiger charge is 2.39. The number of hydrogen-bond acceptors (Lipinski definition) is 7. The van der Waals surface area contributed by atoms with Crippen LogP contribution in [0, 0.1) is 15.9 Å². The summed E-state index contributed by atoms with van der Waals surface area (Å²) in [6.07, 6.45) is -1.46. The van der Waals surface area contributed by atoms with Crippen molar-refractivity contribution in [3.05, 3.63) is 104 Å². The van der Waals surface area contributed by atoms with E-state index in [1.54, 1.807) is 6.07 Å². The van der Waals surface area contributed by atoms with Crippen molar-refractivity contribution in [2.24, 2.45) is 0 Å². The second kappa shape index (κ2) is 8.66. The number of para-hydroxylation sites is 1. The van der Waals surface area contributed by atoms with E-state index in [-0.39, 0.29) is 22.4 Å². The van der Waals surface area contributed by atoms with Gasteiger partial charge in [0, 0.05) is 16.7 Å². The lowest BCUT2D eigenvalue weighted by atomic mass is 9.82. The van der Waals surface area contributed by atoms with Crippen molar-refractivity contribution in [1.29, 1.82) is 0 Å². The summed E-state index contributed by atoms with van der Waals surface area (Å²) in [6, 6.07) is 13.3. The van der Waals surface area contributed by atoms with E-state index in [1.807, 2.05) is 0 Å². The van der Waals surface area contributed by atoms with Crippen molar-refractivity contribution in [2.75, 3.05) is 5.32 Å². The molecule has 0 saturated heterocycles. The van der Waals surface area contributed by atoms with Crippen LogP contribution in [0.2, 0.25) is 0 Å². The smallest absolute Gasteiger partial charge is 0.345 e. The largest absolute Gasteiger partial charge is 0.449 e. The van der Waals surface area contributed by atoms with E-state index >= 15 is 0 Å². The van der Waals surface area contributed by atoms with Crippen LogP contribution in [0.25, 0.3) is 0 Å². The Balaban J connectivity index is 1.66. The molecule has 10 heteroatoms. The van der Waals surface area contributed by atoms with Gasteiger partial charge in [-0.05, 0) is 31.2 Å². The van der Waals surface area contributed by atoms with Gasteiger partial charge in [-0.2, -0.15) is 0 Å². The number of halogens is 1. The molecule has 0 saturated carbocycles. The van der Waals surface area contributed by atoms with Crippen LogP contribution in [0.4, 0.5) is 15.8 Å². The molecule has 1 aliphatic carbocycles. The number of nitro benzene ring substituents is 1. The number of carbonyl (C=O) groups is 4. The number of esters is 1. The predicted molar refractivity (Wildman–Crippen MR) is 116 cm³/mol. The molecule has 1 atom stereocenters. The van der Waals surface area contributed by atoms with Crippen LogP contribution in [0.5, 0.6) is 0 Å². The lowest BCUT2D eigenvalue weighted by molar-refractivity contribution is -0.385. The summed E-state index contributed by atoms with van der Waals surface area (Å²) in [6.45, 7) is 1.20. The lowest BCUT2D eigenvalue weighted by Gasteiger charge is -2.19. The maximum Gasteiger partial charge on any atom is 0.345 e. The standard InChI is InChI=1S/C24H15FN2O7/c1-12(23(30)26-18-9-5-4-8-17(18)25)34-24(31)16-11-10-15-19(20(16)27(32)33)22(29)14-7-3-2-6-13(14)21(15)28/h2-12H,1H3,(H,26,30). The Morgan fingerprint density at radius 3 is 2.21 bits per heavy atom. The molecular weight excluding hydrogens is 447 g/mol. The van der Waals surface area contributed by atoms with Crippen LogP contribution in [-0.2, 0) is 9.53 Å². The summed E-state index contributed by atoms with van der Waals surface area (Å²) < 4.78 is 18.8. The van der Waals surface area contributed by atoms with Crippen LogP contribution in [0.15, 0.2) is 60.7 Å². The van der Waals surface area contributed by atoms with Gasteiger partial charge in [-0.15, -0.1) is 0 Å². The summed E-state index contributed by atoms with van der Waals surface area (Å²) in [5, 5.41) is 14.1. The first-order valence-corrected chi connectivity index (χ1v) is 9.97. The van der Waals surface area contributed by atoms with Crippen LogP contribution in [0.3, 0.4) is 0 Å². The number of nitrogens with zero attached hydrogens (tertiary/aromatic N) is 1. The number of nitro groups is 1. The Bertz CT molecular complexity index is 1400. The monoisotopic (exact) mass is 462 g/mol. The van der Waals surface area contributed by atoms with Gasteiger partial charge < -0.3 is 10.1 Å². The Kier molecular flexibility index (Phi) is 5.72. The van der Waals surface area contributed by atoms with Gasteiger partial charge in [-0.3, -0.25) is 24.5 Å². The molecule has 0 fully saturated rings. The number of ether oxygens (including phenoxy) is 1. The van der Waals surface area contributed by atoms with Gasteiger partial charge in [0.25, 0.3) is 11.6 Å². The fourth-order valence-corrected chi connectivity index (χ4v) is 3.60. The molecule has 3 aromatic carbocycles. The Morgan fingerprint density at radius 2 is 1.56 bits per heavy atom. The van der Waals surface area contributed by atoms with Gasteiger partial charge in [0.1, 0.15) is 16.9 Å². The molecule has 9 nitrogen and oxygen atoms in total. The number of anilines is 1. The summed E-state index contributed by atoms with van der Waals surface area (Å²) in [5.74, 6) is -4.21. The zero-order valence-corrected chi connectivity index (χ0v) is 17.5. The molecule has 3 aromatic rings. The van der Waals surface area contributed by atoms with Gasteiger partial charge in [0.05, 0.1) is 10.6 Å². The maximum atomic E-state index is 13.8. The van der Waals surface area contributed by atoms with Crippen molar-refractivity contribution in [1.82, 2.24) is 0 Å². The SMILES string of the molecule is CC(OC(=O)c1ccc2c(c1[N+](=O)[O-])C(=O)c1ccccc1C2=O)C(=O)Nc1ccccc1F. The Labute approximate surface area is 191 Å². The fraction of sp³-hybridized carbons (Fsp3) is 0.0833. The van der Waals surface area contributed by atoms with E-state index in [4.69, 9.17) is 4.74 Å². The first-order valence-electron chi connectivity index (χ1n) is 9.97. The molecular formula is C24H15FN2O7. The van der Waals surface area contributed by atoms with Crippen LogP contribution in [0.1, 0.15) is 49.1 Å². The highest BCUT2D eigenvalue weighted by Crippen LogP contribution is 2.36. The minimum Gasteiger partial charge on any atom is -0.449 e. The van der Waals surface area contributed by atoms with E-state index in [0.29, 0.717) is 0 Å². The molecule has 0 spiro atoms. The van der Waals surface area contributed by atoms with Crippen molar-refractivity contribution in [3.8, 4) is 0 Å². The maximum absolute atomic E-state index is 13.8. The van der Waals surface area contributed by atoms with Gasteiger partial charge >= 0.3 is 5.97 Å². The van der Waals surface area contributed by atoms with Gasteiger partial charge in [-0.1, -0.05) is 36.4 Å². The minimum atomic E-state index is -1.46. The number of benzene rings is 3. The van der Waals surface area contributed by atoms with Gasteiger partial charge in [0.2, 0.25) is 5.78 Å². The van der Waals surface area contributed by atoms with Crippen LogP contribution >= 0.6 is 0 Å². The average molecular weight is 462 g/mol. The van der Waals surface area contributed by atoms with Crippen molar-refractivity contribution >= 4 is 34.8 Å². The number of carbonyl (C=O) groups excluding carboxylic acids is 4. The third kappa shape index (κ3) is 3.81. The molecule has 4 rings (SSSR count). The average Bonchev–Trinajstić information content (AvgIpc) is 2.82. The van der Waals surface area contributed by atoms with E-state index < -0.39 is 57.1 Å². The normalized spacial score (nSPS) is 12.9. The highest BCUT2D eigenvalue weighted by atomic mass is 19.1. The van der Waals surface area contributed by atoms with E-state index in [9.17, 15) is 33.7 Å². The molecule has 0 radical (unpaired) electrons. The first kappa shape index (κ1) is 22.5. The predicted octanol–water partition coefficient (Wildman–Crippen LogP) is 3.69. The Morgan fingerprint density at radius 1 is 0.941 bits per heavy atom. The number of hydrogen-bond donors (Lipinski definition) is 1. The zero-order chi connectivity index (χ0) is 24.6. The second-order valence-corrected chi connectivity index (χ2v) is 7.36. The summed E-state index contributed by atoms with van der Waals surface area (Å²) >= 11 is 0. The number of amides is 1. The summed E-state index contributed by atoms with van der Waals surface area (Å²) in [5.41, 5.74) is -2.29. The van der Waals surface area contributed by atoms with Crippen LogP contribution in [-0.4, -0.2) is 34.5 Å². The van der Waals surface area contributed by atoms with Crippen molar-refractivity contribution < 1.29 is 33.2 Å². The van der Waals surface area contributed by atoms with Crippen molar-refractivity contribution in [3.63, 3.8) is 0 Å². The lowest BCUT2D eigenvalue weighted by Crippen LogP contribution is -2.31. The van der Waals surface area contributed by atoms with Crippen LogP contribution < -0.4 is 5.32 Å². The summed E-state index contributed by atoms with van der Waals surface area (Å²) in [4.78, 5) is 61.8. The zero-order valence-electron chi connectivity index (χ0n) is 17.5. The first-order chi connectivity index (χ1) is 16.2. The van der Waals surface area contributed by atoms with Crippen molar-refractivity contribution in [2.45, 2.75) is 13.0 Å². The van der Waals surface area contributed by atoms with E-state index in [1.165, 1.54) is 43.3 Å². The van der Waals surface area contributed by atoms with E-state index in [2.05, 4.69) is 5.32 Å². The topological polar surface area (TPSA) is 133 Å². The molecule has 1 aliphatic rings. The second-order valence-electron chi connectivity index (χ2n) is 7.36. The highest BCUT2D eigenvalue weighted by molar-refractivity contribution is 6.30. The number of nitrogens with one attached hydrogen (secondary N) is 1. The quantitative estimate of drug-likeness (QED) is 0.272. The molecule has 0 aliphatic heterocycles. The molecule has 34 heavy (non-hydrogen) atoms. The third-order valence-electron chi connectivity index (χ3n) is 5.25. The number of rotatable bonds is 5. The molecule has 0 aromatic heterocycles. The molecule has 170 valence electrons. The Hall–Kier alpha value is -4.73. The molecule has 0 bridgehead atoms. The van der Waals surface area contributed by atoms with Gasteiger partial charge in [-0.25, -0.2) is 9.18 Å². The van der Waals surface area contributed by atoms with Gasteiger partial charge in [0.15, 0.2) is 11.9 Å². The fourth-order valence-electron chi connectivity index (χ4n) is 3.60. The molecule has 1 N–H and O–H groups in total. The number of ketones is 2. The molecule has 1 amide bonds. The van der Waals surface area contributed by atoms with E-state index in [0.717, 1.165) is 18.2 Å². The summed E-state index contributed by atoms with van der Waals surface area (Å²) in [7, 11) is 0.